The Bertz CT molecular complexity index is 591. The first-order chi connectivity index (χ1) is 11.0. The standard InChI is InChI=1S/C17H20O6/c1-2-13(11-19)14(5-7-18)10-17(22)23-8-6-12-3-4-15(20)16(21)9-12/h2-4,7,9,11,14,20-21H,5-6,8,10H2,1H3/b13-2-/t14-/m1/s1. The molecule has 0 saturated heterocycles. The van der Waals surface area contributed by atoms with E-state index in [1.54, 1.807) is 19.1 Å². The Morgan fingerprint density at radius 2 is 2.00 bits per heavy atom. The van der Waals surface area contributed by atoms with Crippen LogP contribution in [0.1, 0.15) is 25.3 Å². The molecule has 0 aromatic heterocycles. The lowest BCUT2D eigenvalue weighted by atomic mass is 9.93. The fourth-order valence-corrected chi connectivity index (χ4v) is 2.12. The van der Waals surface area contributed by atoms with E-state index in [0.717, 1.165) is 0 Å². The van der Waals surface area contributed by atoms with E-state index in [9.17, 15) is 24.6 Å². The van der Waals surface area contributed by atoms with Crippen molar-refractivity contribution < 1.29 is 29.3 Å². The molecule has 1 rings (SSSR count). The molecule has 6 heteroatoms. The fraction of sp³-hybridized carbons (Fsp3) is 0.353. The summed E-state index contributed by atoms with van der Waals surface area (Å²) in [5, 5.41) is 18.6. The third-order valence-electron chi connectivity index (χ3n) is 3.43. The van der Waals surface area contributed by atoms with Crippen molar-refractivity contribution in [2.45, 2.75) is 26.2 Å². The number of esters is 1. The number of phenolic OH excluding ortho intramolecular Hbond substituents is 2. The summed E-state index contributed by atoms with van der Waals surface area (Å²) in [6.45, 7) is 1.77. The Morgan fingerprint density at radius 3 is 2.57 bits per heavy atom. The van der Waals surface area contributed by atoms with E-state index in [2.05, 4.69) is 0 Å². The molecule has 0 saturated carbocycles. The van der Waals surface area contributed by atoms with Gasteiger partial charge in [0, 0.05) is 18.8 Å². The number of phenols is 2. The maximum atomic E-state index is 11.8. The highest BCUT2D eigenvalue weighted by Gasteiger charge is 2.18. The quantitative estimate of drug-likeness (QED) is 0.312. The second kappa shape index (κ2) is 9.40. The first-order valence-corrected chi connectivity index (χ1v) is 7.23. The summed E-state index contributed by atoms with van der Waals surface area (Å²) in [6.07, 6.45) is 3.30. The lowest BCUT2D eigenvalue weighted by molar-refractivity contribution is -0.144. The van der Waals surface area contributed by atoms with Gasteiger partial charge in [-0.2, -0.15) is 0 Å². The van der Waals surface area contributed by atoms with Gasteiger partial charge in [0.15, 0.2) is 11.5 Å². The molecule has 0 unspecified atom stereocenters. The van der Waals surface area contributed by atoms with Crippen LogP contribution in [0.25, 0.3) is 0 Å². The third-order valence-corrected chi connectivity index (χ3v) is 3.43. The number of benzene rings is 1. The van der Waals surface area contributed by atoms with Gasteiger partial charge in [0.05, 0.1) is 13.0 Å². The highest BCUT2D eigenvalue weighted by atomic mass is 16.5. The van der Waals surface area contributed by atoms with E-state index in [4.69, 9.17) is 4.74 Å². The third kappa shape index (κ3) is 5.94. The van der Waals surface area contributed by atoms with Gasteiger partial charge >= 0.3 is 5.97 Å². The van der Waals surface area contributed by atoms with E-state index in [1.807, 2.05) is 0 Å². The molecule has 6 nitrogen and oxygen atoms in total. The number of carbonyl (C=O) groups is 3. The lowest BCUT2D eigenvalue weighted by Gasteiger charge is -2.13. The minimum absolute atomic E-state index is 0.0437. The number of carbonyl (C=O) groups excluding carboxylic acids is 3. The Hall–Kier alpha value is -2.63. The topological polar surface area (TPSA) is 101 Å². The van der Waals surface area contributed by atoms with Crippen molar-refractivity contribution in [2.24, 2.45) is 5.92 Å². The molecule has 1 aromatic carbocycles. The van der Waals surface area contributed by atoms with Crippen LogP contribution >= 0.6 is 0 Å². The van der Waals surface area contributed by atoms with E-state index < -0.39 is 11.9 Å². The molecule has 0 fully saturated rings. The van der Waals surface area contributed by atoms with Crippen LogP contribution in [-0.2, 0) is 25.5 Å². The van der Waals surface area contributed by atoms with Gasteiger partial charge in [0.25, 0.3) is 0 Å². The highest BCUT2D eigenvalue weighted by molar-refractivity contribution is 5.78. The highest BCUT2D eigenvalue weighted by Crippen LogP contribution is 2.25. The second-order valence-corrected chi connectivity index (χ2v) is 5.00. The van der Waals surface area contributed by atoms with Crippen molar-refractivity contribution in [1.29, 1.82) is 0 Å². The predicted molar refractivity (Wildman–Crippen MR) is 83.0 cm³/mol. The molecule has 0 aliphatic carbocycles. The molecular weight excluding hydrogens is 300 g/mol. The van der Waals surface area contributed by atoms with Crippen LogP contribution in [0.3, 0.4) is 0 Å². The average molecular weight is 320 g/mol. The maximum absolute atomic E-state index is 11.8. The lowest BCUT2D eigenvalue weighted by Crippen LogP contribution is -2.16. The van der Waals surface area contributed by atoms with Crippen LogP contribution in [0, 0.1) is 5.92 Å². The smallest absolute Gasteiger partial charge is 0.306 e. The van der Waals surface area contributed by atoms with E-state index in [0.29, 0.717) is 30.1 Å². The summed E-state index contributed by atoms with van der Waals surface area (Å²) in [5.41, 5.74) is 1.11. The molecule has 0 radical (unpaired) electrons. The Morgan fingerprint density at radius 1 is 1.26 bits per heavy atom. The number of aromatic hydroxyl groups is 2. The van der Waals surface area contributed by atoms with E-state index in [-0.39, 0.29) is 30.9 Å². The Labute approximate surface area is 134 Å². The van der Waals surface area contributed by atoms with Crippen molar-refractivity contribution in [2.75, 3.05) is 6.61 Å². The second-order valence-electron chi connectivity index (χ2n) is 5.00. The van der Waals surface area contributed by atoms with Crippen molar-refractivity contribution >= 4 is 18.5 Å². The van der Waals surface area contributed by atoms with Crippen LogP contribution in [0.4, 0.5) is 0 Å². The molecule has 0 spiro atoms. The fourth-order valence-electron chi connectivity index (χ4n) is 2.12. The first-order valence-electron chi connectivity index (χ1n) is 7.23. The van der Waals surface area contributed by atoms with Crippen LogP contribution in [-0.4, -0.2) is 35.4 Å². The Kier molecular flexibility index (Phi) is 7.53. The molecular formula is C17H20O6. The van der Waals surface area contributed by atoms with Crippen molar-refractivity contribution in [1.82, 2.24) is 0 Å². The van der Waals surface area contributed by atoms with Gasteiger partial charge in [-0.1, -0.05) is 12.1 Å². The molecule has 124 valence electrons. The number of rotatable bonds is 9. The summed E-state index contributed by atoms with van der Waals surface area (Å²) in [4.78, 5) is 33.4. The van der Waals surface area contributed by atoms with Gasteiger partial charge in [0.1, 0.15) is 12.6 Å². The normalized spacial score (nSPS) is 12.5. The van der Waals surface area contributed by atoms with Crippen LogP contribution < -0.4 is 0 Å². The van der Waals surface area contributed by atoms with Gasteiger partial charge in [0.2, 0.25) is 0 Å². The average Bonchev–Trinajstić information content (AvgIpc) is 2.52. The SMILES string of the molecule is C/C=C(/C=O)[C@H](CC=O)CC(=O)OCCc1ccc(O)c(O)c1. The zero-order valence-corrected chi connectivity index (χ0v) is 12.9. The minimum atomic E-state index is -0.499. The number of allylic oxidation sites excluding steroid dienone is 2. The summed E-state index contributed by atoms with van der Waals surface area (Å²) < 4.78 is 5.09. The van der Waals surface area contributed by atoms with E-state index in [1.165, 1.54) is 12.1 Å². The summed E-state index contributed by atoms with van der Waals surface area (Å²) in [7, 11) is 0. The van der Waals surface area contributed by atoms with Crippen LogP contribution in [0.15, 0.2) is 29.8 Å². The first kappa shape index (κ1) is 18.4. The van der Waals surface area contributed by atoms with Gasteiger partial charge in [-0.3, -0.25) is 9.59 Å². The Balaban J connectivity index is 2.50. The van der Waals surface area contributed by atoms with Crippen LogP contribution in [0.5, 0.6) is 11.5 Å². The molecule has 0 aliphatic rings. The monoisotopic (exact) mass is 320 g/mol. The maximum Gasteiger partial charge on any atom is 0.306 e. The van der Waals surface area contributed by atoms with Gasteiger partial charge < -0.3 is 19.7 Å². The van der Waals surface area contributed by atoms with Crippen molar-refractivity contribution in [3.8, 4) is 11.5 Å². The molecule has 0 aliphatic heterocycles. The van der Waals surface area contributed by atoms with Crippen molar-refractivity contribution in [3.05, 3.63) is 35.4 Å². The van der Waals surface area contributed by atoms with Crippen LogP contribution in [0.2, 0.25) is 0 Å². The number of hydrogen-bond donors (Lipinski definition) is 2. The number of ether oxygens (including phenoxy) is 1. The molecule has 23 heavy (non-hydrogen) atoms. The summed E-state index contributed by atoms with van der Waals surface area (Å²) in [6, 6.07) is 4.36. The molecule has 0 heterocycles. The minimum Gasteiger partial charge on any atom is -0.504 e. The van der Waals surface area contributed by atoms with Gasteiger partial charge in [-0.05, 0) is 30.2 Å². The molecule has 0 bridgehead atoms. The largest absolute Gasteiger partial charge is 0.504 e. The summed E-state index contributed by atoms with van der Waals surface area (Å²) in [5.74, 6) is -1.42. The van der Waals surface area contributed by atoms with E-state index >= 15 is 0 Å². The van der Waals surface area contributed by atoms with Gasteiger partial charge in [-0.15, -0.1) is 0 Å². The number of aldehydes is 2. The zero-order chi connectivity index (χ0) is 17.2. The molecule has 2 N–H and O–H groups in total. The number of hydrogen-bond acceptors (Lipinski definition) is 6. The molecule has 1 aromatic rings. The van der Waals surface area contributed by atoms with Gasteiger partial charge in [-0.25, -0.2) is 0 Å². The predicted octanol–water partition coefficient (Wildman–Crippen LogP) is 1.92. The van der Waals surface area contributed by atoms with Crippen molar-refractivity contribution in [3.63, 3.8) is 0 Å². The zero-order valence-electron chi connectivity index (χ0n) is 12.9. The molecule has 0 amide bonds. The molecule has 1 atom stereocenters. The summed E-state index contributed by atoms with van der Waals surface area (Å²) >= 11 is 0.